The monoisotopic (exact) mass is 367 g/mol. The summed E-state index contributed by atoms with van der Waals surface area (Å²) in [5.74, 6) is 0.491. The lowest BCUT2D eigenvalue weighted by atomic mass is 9.92. The number of hydrogen-bond acceptors (Lipinski definition) is 3. The molecule has 1 aromatic rings. The predicted molar refractivity (Wildman–Crippen MR) is 88.4 cm³/mol. The highest BCUT2D eigenvalue weighted by Gasteiger charge is 2.31. The number of aliphatic carboxylic acids is 1. The molecule has 22 heavy (non-hydrogen) atoms. The number of carbonyl (C=O) groups is 1. The Hall–Kier alpha value is -1.07. The van der Waals surface area contributed by atoms with Gasteiger partial charge in [0.15, 0.2) is 0 Å². The highest BCUT2D eigenvalue weighted by molar-refractivity contribution is 9.10. The van der Waals surface area contributed by atoms with Crippen LogP contribution in [0, 0.1) is 5.92 Å². The van der Waals surface area contributed by atoms with Crippen molar-refractivity contribution in [1.29, 1.82) is 0 Å². The number of rotatable bonds is 4. The van der Waals surface area contributed by atoms with E-state index < -0.39 is 5.97 Å². The van der Waals surface area contributed by atoms with Crippen LogP contribution in [0.3, 0.4) is 0 Å². The van der Waals surface area contributed by atoms with E-state index >= 15 is 0 Å². The van der Waals surface area contributed by atoms with Crippen LogP contribution in [0.4, 0.5) is 0 Å². The summed E-state index contributed by atoms with van der Waals surface area (Å²) < 4.78 is 6.57. The number of carboxylic acids is 1. The summed E-state index contributed by atoms with van der Waals surface area (Å²) in [5, 5.41) is 12.5. The second-order valence-electron chi connectivity index (χ2n) is 6.34. The summed E-state index contributed by atoms with van der Waals surface area (Å²) in [4.78, 5) is 11.2. The average Bonchev–Trinajstić information content (AvgIpc) is 3.18. The van der Waals surface area contributed by atoms with Gasteiger partial charge in [0.1, 0.15) is 5.75 Å². The van der Waals surface area contributed by atoms with Crippen LogP contribution in [0.2, 0.25) is 0 Å². The van der Waals surface area contributed by atoms with E-state index in [1.807, 2.05) is 0 Å². The van der Waals surface area contributed by atoms with Crippen LogP contribution in [0.1, 0.15) is 55.2 Å². The van der Waals surface area contributed by atoms with Crippen molar-refractivity contribution in [2.75, 3.05) is 13.7 Å². The van der Waals surface area contributed by atoms with Gasteiger partial charge in [-0.15, -0.1) is 0 Å². The van der Waals surface area contributed by atoms with Crippen LogP contribution in [0.15, 0.2) is 16.6 Å². The van der Waals surface area contributed by atoms with Crippen LogP contribution in [-0.2, 0) is 4.79 Å². The first-order valence-corrected chi connectivity index (χ1v) is 8.73. The van der Waals surface area contributed by atoms with Gasteiger partial charge >= 0.3 is 5.97 Å². The lowest BCUT2D eigenvalue weighted by Gasteiger charge is -2.20. The fourth-order valence-electron chi connectivity index (χ4n) is 3.77. The van der Waals surface area contributed by atoms with E-state index in [0.717, 1.165) is 10.2 Å². The summed E-state index contributed by atoms with van der Waals surface area (Å²) in [5.41, 5.74) is 2.43. The SMILES string of the molecule is COc1c(Br)cc(C2CC(C(=O)O)CN2)cc1C1CCCC1. The summed E-state index contributed by atoms with van der Waals surface area (Å²) in [7, 11) is 1.71. The van der Waals surface area contributed by atoms with Gasteiger partial charge in [0, 0.05) is 12.6 Å². The molecule has 2 N–H and O–H groups in total. The highest BCUT2D eigenvalue weighted by atomic mass is 79.9. The molecule has 4 nitrogen and oxygen atoms in total. The van der Waals surface area contributed by atoms with Gasteiger partial charge in [0.2, 0.25) is 0 Å². The molecule has 3 rings (SSSR count). The average molecular weight is 368 g/mol. The lowest BCUT2D eigenvalue weighted by Crippen LogP contribution is -2.17. The van der Waals surface area contributed by atoms with Crippen molar-refractivity contribution in [1.82, 2.24) is 5.32 Å². The number of nitrogens with one attached hydrogen (secondary N) is 1. The van der Waals surface area contributed by atoms with Crippen molar-refractivity contribution < 1.29 is 14.6 Å². The summed E-state index contributed by atoms with van der Waals surface area (Å²) in [6.07, 6.45) is 5.62. The quantitative estimate of drug-likeness (QED) is 0.848. The molecule has 1 aliphatic carbocycles. The zero-order chi connectivity index (χ0) is 15.7. The van der Waals surface area contributed by atoms with Gasteiger partial charge in [-0.1, -0.05) is 18.9 Å². The fraction of sp³-hybridized carbons (Fsp3) is 0.588. The van der Waals surface area contributed by atoms with Crippen LogP contribution in [0.25, 0.3) is 0 Å². The third-order valence-corrected chi connectivity index (χ3v) is 5.57. The molecular weight excluding hydrogens is 346 g/mol. The Kier molecular flexibility index (Phi) is 4.73. The summed E-state index contributed by atoms with van der Waals surface area (Å²) in [6, 6.07) is 4.41. The molecule has 2 unspecified atom stereocenters. The first-order valence-electron chi connectivity index (χ1n) is 7.93. The number of benzene rings is 1. The number of methoxy groups -OCH3 is 1. The maximum absolute atomic E-state index is 11.2. The predicted octanol–water partition coefficient (Wildman–Crippen LogP) is 3.85. The molecule has 120 valence electrons. The number of halogens is 1. The van der Waals surface area contributed by atoms with Crippen molar-refractivity contribution in [3.63, 3.8) is 0 Å². The Bertz CT molecular complexity index is 569. The Balaban J connectivity index is 1.90. The highest BCUT2D eigenvalue weighted by Crippen LogP contribution is 2.44. The molecule has 1 aromatic carbocycles. The first-order chi connectivity index (χ1) is 10.6. The van der Waals surface area contributed by atoms with Gasteiger partial charge in [-0.05, 0) is 58.3 Å². The molecule has 2 aliphatic rings. The smallest absolute Gasteiger partial charge is 0.307 e. The van der Waals surface area contributed by atoms with E-state index in [2.05, 4.69) is 33.4 Å². The molecule has 1 heterocycles. The van der Waals surface area contributed by atoms with Crippen LogP contribution < -0.4 is 10.1 Å². The molecule has 2 atom stereocenters. The second kappa shape index (κ2) is 6.59. The maximum Gasteiger partial charge on any atom is 0.307 e. The topological polar surface area (TPSA) is 58.6 Å². The fourth-order valence-corrected chi connectivity index (χ4v) is 4.43. The minimum absolute atomic E-state index is 0.114. The Morgan fingerprint density at radius 2 is 2.09 bits per heavy atom. The second-order valence-corrected chi connectivity index (χ2v) is 7.19. The van der Waals surface area contributed by atoms with Gasteiger partial charge in [0.05, 0.1) is 17.5 Å². The number of ether oxygens (including phenoxy) is 1. The van der Waals surface area contributed by atoms with Crippen LogP contribution >= 0.6 is 15.9 Å². The van der Waals surface area contributed by atoms with Crippen molar-refractivity contribution in [3.8, 4) is 5.75 Å². The molecule has 1 aliphatic heterocycles. The molecule has 1 saturated carbocycles. The molecular formula is C17H22BrNO3. The van der Waals surface area contributed by atoms with Gasteiger partial charge < -0.3 is 15.2 Å². The molecule has 1 saturated heterocycles. The number of carboxylic acid groups (broad SMARTS) is 1. The third kappa shape index (κ3) is 3.01. The Morgan fingerprint density at radius 1 is 1.36 bits per heavy atom. The van der Waals surface area contributed by atoms with E-state index in [1.165, 1.54) is 36.8 Å². The minimum atomic E-state index is -0.710. The summed E-state index contributed by atoms with van der Waals surface area (Å²) >= 11 is 3.63. The maximum atomic E-state index is 11.2. The van der Waals surface area contributed by atoms with E-state index in [0.29, 0.717) is 18.9 Å². The molecule has 0 bridgehead atoms. The van der Waals surface area contributed by atoms with Crippen LogP contribution in [0.5, 0.6) is 5.75 Å². The van der Waals surface area contributed by atoms with E-state index in [4.69, 9.17) is 4.74 Å². The van der Waals surface area contributed by atoms with E-state index in [9.17, 15) is 9.90 Å². The Morgan fingerprint density at radius 3 is 2.68 bits per heavy atom. The van der Waals surface area contributed by atoms with Crippen molar-refractivity contribution >= 4 is 21.9 Å². The Labute approximate surface area is 139 Å². The van der Waals surface area contributed by atoms with Crippen molar-refractivity contribution in [2.24, 2.45) is 5.92 Å². The van der Waals surface area contributed by atoms with Gasteiger partial charge in [0.25, 0.3) is 0 Å². The van der Waals surface area contributed by atoms with Gasteiger partial charge in [-0.3, -0.25) is 4.79 Å². The van der Waals surface area contributed by atoms with Crippen LogP contribution in [-0.4, -0.2) is 24.7 Å². The van der Waals surface area contributed by atoms with Gasteiger partial charge in [-0.25, -0.2) is 0 Å². The zero-order valence-electron chi connectivity index (χ0n) is 12.8. The molecule has 5 heteroatoms. The third-order valence-electron chi connectivity index (χ3n) is 4.98. The zero-order valence-corrected chi connectivity index (χ0v) is 14.4. The first kappa shape index (κ1) is 15.8. The van der Waals surface area contributed by atoms with Crippen molar-refractivity contribution in [3.05, 3.63) is 27.7 Å². The largest absolute Gasteiger partial charge is 0.495 e. The lowest BCUT2D eigenvalue weighted by molar-refractivity contribution is -0.141. The molecule has 0 radical (unpaired) electrons. The van der Waals surface area contributed by atoms with E-state index in [-0.39, 0.29) is 12.0 Å². The molecule has 0 spiro atoms. The molecule has 2 fully saturated rings. The normalized spacial score (nSPS) is 25.5. The standard InChI is InChI=1S/C17H22BrNO3/c1-22-16-13(10-4-2-3-5-10)6-11(7-14(16)18)15-8-12(9-19-15)17(20)21/h6-7,10,12,15,19H,2-5,8-9H2,1H3,(H,20,21). The van der Waals surface area contributed by atoms with Crippen molar-refractivity contribution in [2.45, 2.75) is 44.1 Å². The van der Waals surface area contributed by atoms with E-state index in [1.54, 1.807) is 7.11 Å². The minimum Gasteiger partial charge on any atom is -0.495 e. The molecule has 0 amide bonds. The molecule has 0 aromatic heterocycles. The number of hydrogen-bond donors (Lipinski definition) is 2. The summed E-state index contributed by atoms with van der Waals surface area (Å²) in [6.45, 7) is 0.544. The van der Waals surface area contributed by atoms with Gasteiger partial charge in [-0.2, -0.15) is 0 Å².